The molecule has 1 aliphatic heterocycles. The molecule has 6 heteroatoms. The number of hydrogen-bond donors (Lipinski definition) is 0. The molecule has 1 heterocycles. The van der Waals surface area contributed by atoms with Crippen molar-refractivity contribution < 1.29 is 23.9 Å². The molecule has 1 aliphatic rings. The van der Waals surface area contributed by atoms with Crippen molar-refractivity contribution >= 4 is 33.5 Å². The second-order valence-electron chi connectivity index (χ2n) is 3.95. The van der Waals surface area contributed by atoms with Crippen molar-refractivity contribution in [2.45, 2.75) is 6.92 Å². The average Bonchev–Trinajstić information content (AvgIpc) is 2.38. The topological polar surface area (TPSA) is 69.7 Å². The maximum absolute atomic E-state index is 12.2. The number of ether oxygens (including phenoxy) is 2. The van der Waals surface area contributed by atoms with E-state index in [9.17, 15) is 14.4 Å². The molecule has 1 aromatic carbocycles. The molecule has 0 N–H and O–H groups in total. The summed E-state index contributed by atoms with van der Waals surface area (Å²) in [5, 5.41) is 0. The predicted octanol–water partition coefficient (Wildman–Crippen LogP) is 1.77. The van der Waals surface area contributed by atoms with Gasteiger partial charge in [-0.1, -0.05) is 15.9 Å². The first-order chi connectivity index (χ1) is 9.04. The number of ketones is 2. The maximum Gasteiger partial charge on any atom is 0.375 e. The fourth-order valence-electron chi connectivity index (χ4n) is 1.79. The van der Waals surface area contributed by atoms with E-state index in [-0.39, 0.29) is 13.2 Å². The number of esters is 1. The Balaban J connectivity index is 2.24. The molecular formula is C13H11BrO5. The van der Waals surface area contributed by atoms with Crippen LogP contribution in [0.4, 0.5) is 0 Å². The fourth-order valence-corrected chi connectivity index (χ4v) is 2.13. The Morgan fingerprint density at radius 2 is 2.21 bits per heavy atom. The van der Waals surface area contributed by atoms with Gasteiger partial charge in [0.25, 0.3) is 5.78 Å². The van der Waals surface area contributed by atoms with Crippen molar-refractivity contribution in [2.24, 2.45) is 5.92 Å². The molecule has 2 rings (SSSR count). The van der Waals surface area contributed by atoms with Crippen molar-refractivity contribution in [2.75, 3.05) is 13.2 Å². The summed E-state index contributed by atoms with van der Waals surface area (Å²) in [6.45, 7) is 1.55. The number of halogens is 1. The minimum atomic E-state index is -1.12. The highest BCUT2D eigenvalue weighted by atomic mass is 79.9. The van der Waals surface area contributed by atoms with E-state index in [0.29, 0.717) is 11.3 Å². The second kappa shape index (κ2) is 5.52. The van der Waals surface area contributed by atoms with Crippen molar-refractivity contribution in [1.29, 1.82) is 0 Å². The third kappa shape index (κ3) is 2.68. The summed E-state index contributed by atoms with van der Waals surface area (Å²) in [4.78, 5) is 35.3. The summed E-state index contributed by atoms with van der Waals surface area (Å²) in [7, 11) is 0. The molecule has 0 fully saturated rings. The smallest absolute Gasteiger partial charge is 0.375 e. The highest BCUT2D eigenvalue weighted by molar-refractivity contribution is 9.10. The largest absolute Gasteiger partial charge is 0.492 e. The van der Waals surface area contributed by atoms with E-state index >= 15 is 0 Å². The summed E-state index contributed by atoms with van der Waals surface area (Å²) in [6, 6.07) is 4.89. The van der Waals surface area contributed by atoms with E-state index in [1.807, 2.05) is 0 Å². The lowest BCUT2D eigenvalue weighted by molar-refractivity contribution is -0.155. The highest BCUT2D eigenvalue weighted by Crippen LogP contribution is 2.30. The fraction of sp³-hybridized carbons (Fsp3) is 0.308. The average molecular weight is 327 g/mol. The summed E-state index contributed by atoms with van der Waals surface area (Å²) in [5.41, 5.74) is 0.303. The van der Waals surface area contributed by atoms with Gasteiger partial charge in [-0.3, -0.25) is 9.59 Å². The Labute approximate surface area is 118 Å². The molecule has 0 aliphatic carbocycles. The third-order valence-corrected chi connectivity index (χ3v) is 3.22. The molecule has 19 heavy (non-hydrogen) atoms. The molecule has 0 saturated carbocycles. The molecule has 1 aromatic rings. The first-order valence-electron chi connectivity index (χ1n) is 5.72. The van der Waals surface area contributed by atoms with E-state index in [1.165, 1.54) is 0 Å². The molecule has 0 bridgehead atoms. The lowest BCUT2D eigenvalue weighted by Gasteiger charge is -2.22. The molecule has 1 atom stereocenters. The van der Waals surface area contributed by atoms with Crippen LogP contribution in [0.2, 0.25) is 0 Å². The normalized spacial score (nSPS) is 17.4. The minimum Gasteiger partial charge on any atom is -0.492 e. The number of Topliss-reactive ketones (excluding diaryl/α,β-unsaturated/α-hetero) is 2. The SMILES string of the molecule is CCOC(=O)C(=O)C1COc2cc(Br)ccc2C1=O. The number of rotatable bonds is 3. The molecule has 100 valence electrons. The van der Waals surface area contributed by atoms with Crippen LogP contribution in [0, 0.1) is 5.92 Å². The Morgan fingerprint density at radius 1 is 1.47 bits per heavy atom. The van der Waals surface area contributed by atoms with Crippen LogP contribution in [0.15, 0.2) is 22.7 Å². The van der Waals surface area contributed by atoms with Crippen LogP contribution in [0.5, 0.6) is 5.75 Å². The number of fused-ring (bicyclic) bond motifs is 1. The highest BCUT2D eigenvalue weighted by Gasteiger charge is 2.38. The number of carbonyl (C=O) groups excluding carboxylic acids is 3. The Morgan fingerprint density at radius 3 is 2.89 bits per heavy atom. The Kier molecular flexibility index (Phi) is 3.99. The number of benzene rings is 1. The molecule has 0 spiro atoms. The van der Waals surface area contributed by atoms with E-state index in [1.54, 1.807) is 25.1 Å². The van der Waals surface area contributed by atoms with Crippen molar-refractivity contribution in [3.05, 3.63) is 28.2 Å². The van der Waals surface area contributed by atoms with E-state index in [2.05, 4.69) is 20.7 Å². The zero-order valence-electron chi connectivity index (χ0n) is 10.1. The summed E-state index contributed by atoms with van der Waals surface area (Å²) in [5.74, 6) is -2.97. The van der Waals surface area contributed by atoms with Gasteiger partial charge in [0, 0.05) is 4.47 Å². The van der Waals surface area contributed by atoms with E-state index < -0.39 is 23.5 Å². The molecule has 0 saturated heterocycles. The van der Waals surface area contributed by atoms with Crippen molar-refractivity contribution in [3.8, 4) is 5.75 Å². The van der Waals surface area contributed by atoms with Gasteiger partial charge in [0.15, 0.2) is 5.78 Å². The molecule has 0 amide bonds. The lowest BCUT2D eigenvalue weighted by atomic mass is 9.91. The predicted molar refractivity (Wildman–Crippen MR) is 69.1 cm³/mol. The molecular weight excluding hydrogens is 316 g/mol. The maximum atomic E-state index is 12.2. The first kappa shape index (κ1) is 13.7. The minimum absolute atomic E-state index is 0.0931. The van der Waals surface area contributed by atoms with Crippen LogP contribution in [0.25, 0.3) is 0 Å². The van der Waals surface area contributed by atoms with Gasteiger partial charge < -0.3 is 9.47 Å². The quantitative estimate of drug-likeness (QED) is 0.481. The molecule has 5 nitrogen and oxygen atoms in total. The molecule has 1 unspecified atom stereocenters. The van der Waals surface area contributed by atoms with E-state index in [4.69, 9.17) is 4.74 Å². The van der Waals surface area contributed by atoms with Crippen LogP contribution < -0.4 is 4.74 Å². The van der Waals surface area contributed by atoms with E-state index in [0.717, 1.165) is 4.47 Å². The van der Waals surface area contributed by atoms with Gasteiger partial charge in [-0.2, -0.15) is 0 Å². The Bertz CT molecular complexity index is 552. The van der Waals surface area contributed by atoms with Gasteiger partial charge in [0.2, 0.25) is 0 Å². The first-order valence-corrected chi connectivity index (χ1v) is 6.51. The number of hydrogen-bond acceptors (Lipinski definition) is 5. The monoisotopic (exact) mass is 326 g/mol. The van der Waals surface area contributed by atoms with Crippen LogP contribution in [-0.4, -0.2) is 30.7 Å². The Hall–Kier alpha value is -1.69. The van der Waals surface area contributed by atoms with Gasteiger partial charge in [-0.05, 0) is 25.1 Å². The van der Waals surface area contributed by atoms with Crippen molar-refractivity contribution in [3.63, 3.8) is 0 Å². The third-order valence-electron chi connectivity index (χ3n) is 2.72. The summed E-state index contributed by atoms with van der Waals surface area (Å²) in [6.07, 6.45) is 0. The zero-order chi connectivity index (χ0) is 14.0. The molecule has 0 aromatic heterocycles. The van der Waals surface area contributed by atoms with Crippen LogP contribution in [0.1, 0.15) is 17.3 Å². The van der Waals surface area contributed by atoms with Crippen molar-refractivity contribution in [1.82, 2.24) is 0 Å². The standard InChI is InChI=1S/C13H11BrO5/c1-2-18-13(17)12(16)9-6-19-10-5-7(14)3-4-8(10)11(9)15/h3-5,9H,2,6H2,1H3. The van der Waals surface area contributed by atoms with Gasteiger partial charge in [-0.15, -0.1) is 0 Å². The summed E-state index contributed by atoms with van der Waals surface area (Å²) < 4.78 is 10.7. The van der Waals surface area contributed by atoms with Gasteiger partial charge in [-0.25, -0.2) is 4.79 Å². The summed E-state index contributed by atoms with van der Waals surface area (Å²) >= 11 is 3.27. The molecule has 0 radical (unpaired) electrons. The van der Waals surface area contributed by atoms with Crippen LogP contribution >= 0.6 is 15.9 Å². The van der Waals surface area contributed by atoms with Gasteiger partial charge in [0.1, 0.15) is 18.3 Å². The second-order valence-corrected chi connectivity index (χ2v) is 4.87. The van der Waals surface area contributed by atoms with Gasteiger partial charge in [0.05, 0.1) is 12.2 Å². The van der Waals surface area contributed by atoms with Gasteiger partial charge >= 0.3 is 5.97 Å². The lowest BCUT2D eigenvalue weighted by Crippen LogP contribution is -2.38. The van der Waals surface area contributed by atoms with Crippen LogP contribution in [0.3, 0.4) is 0 Å². The van der Waals surface area contributed by atoms with Crippen LogP contribution in [-0.2, 0) is 14.3 Å². The zero-order valence-corrected chi connectivity index (χ0v) is 11.7. The number of carbonyl (C=O) groups is 3.